The molecule has 1 spiro atoms. The lowest BCUT2D eigenvalue weighted by atomic mass is 9.74. The molecule has 7 fully saturated rings. The van der Waals surface area contributed by atoms with Crippen LogP contribution in [0.4, 0.5) is 0 Å². The fraction of sp³-hybridized carbons (Fsp3) is 0.979. The summed E-state index contributed by atoms with van der Waals surface area (Å²) >= 11 is 0. The molecule has 3 N–H and O–H groups in total. The van der Waals surface area contributed by atoms with Crippen molar-refractivity contribution in [1.29, 1.82) is 0 Å². The average molecular weight is 885 g/mol. The number of carboxylic acids is 1. The first kappa shape index (κ1) is 48.9. The maximum absolute atomic E-state index is 12.2. The summed E-state index contributed by atoms with van der Waals surface area (Å²) < 4.78 is 72.5. The molecular formula is C47H80O15. The van der Waals surface area contributed by atoms with Crippen LogP contribution in [0.1, 0.15) is 127 Å². The molecule has 0 aromatic carbocycles. The third-order valence-electron chi connectivity index (χ3n) is 16.9. The number of aliphatic carboxylic acids is 1. The van der Waals surface area contributed by atoms with Gasteiger partial charge in [-0.1, -0.05) is 41.5 Å². The van der Waals surface area contributed by atoms with Crippen LogP contribution in [0.2, 0.25) is 0 Å². The van der Waals surface area contributed by atoms with Crippen molar-refractivity contribution < 1.29 is 72.2 Å². The van der Waals surface area contributed by atoms with Gasteiger partial charge >= 0.3 is 5.97 Å². The van der Waals surface area contributed by atoms with Crippen molar-refractivity contribution in [1.82, 2.24) is 0 Å². The monoisotopic (exact) mass is 885 g/mol. The maximum Gasteiger partial charge on any atom is 0.311 e. The lowest BCUT2D eigenvalue weighted by Gasteiger charge is -2.53. The first-order valence-electron chi connectivity index (χ1n) is 23.7. The van der Waals surface area contributed by atoms with Gasteiger partial charge in [-0.3, -0.25) is 4.79 Å². The molecule has 0 amide bonds. The van der Waals surface area contributed by atoms with Crippen LogP contribution in [0.25, 0.3) is 0 Å². The fourth-order valence-electron chi connectivity index (χ4n) is 12.9. The molecule has 62 heavy (non-hydrogen) atoms. The second-order valence-corrected chi connectivity index (χ2v) is 21.0. The van der Waals surface area contributed by atoms with Crippen LogP contribution in [0.15, 0.2) is 0 Å². The molecule has 24 atom stereocenters. The van der Waals surface area contributed by atoms with Gasteiger partial charge in [0.2, 0.25) is 0 Å². The first-order valence-corrected chi connectivity index (χ1v) is 23.7. The van der Waals surface area contributed by atoms with Crippen LogP contribution >= 0.6 is 0 Å². The van der Waals surface area contributed by atoms with Gasteiger partial charge in [-0.2, -0.15) is 0 Å². The Morgan fingerprint density at radius 1 is 0.742 bits per heavy atom. The van der Waals surface area contributed by atoms with Crippen molar-refractivity contribution in [3.63, 3.8) is 0 Å². The highest BCUT2D eigenvalue weighted by Crippen LogP contribution is 2.56. The fourth-order valence-corrected chi connectivity index (χ4v) is 12.9. The van der Waals surface area contributed by atoms with Crippen molar-refractivity contribution in [2.24, 2.45) is 41.4 Å². The van der Waals surface area contributed by atoms with E-state index in [1.807, 2.05) is 20.8 Å². The minimum atomic E-state index is -1.95. The molecule has 15 heteroatoms. The number of carboxylic acid groups (broad SMARTS) is 1. The van der Waals surface area contributed by atoms with Gasteiger partial charge in [0.05, 0.1) is 72.7 Å². The summed E-state index contributed by atoms with van der Waals surface area (Å²) in [6.07, 6.45) is 2.19. The average Bonchev–Trinajstić information content (AvgIpc) is 3.94. The summed E-state index contributed by atoms with van der Waals surface area (Å²) in [5, 5.41) is 32.9. The van der Waals surface area contributed by atoms with E-state index in [1.54, 1.807) is 35.2 Å². The Morgan fingerprint density at radius 3 is 2.08 bits per heavy atom. The van der Waals surface area contributed by atoms with E-state index in [1.165, 1.54) is 6.92 Å². The molecule has 358 valence electrons. The van der Waals surface area contributed by atoms with E-state index in [4.69, 9.17) is 52.1 Å². The van der Waals surface area contributed by atoms with Crippen molar-refractivity contribution in [2.45, 2.75) is 230 Å². The summed E-state index contributed by atoms with van der Waals surface area (Å²) in [5.41, 5.74) is -0.848. The lowest BCUT2D eigenvalue weighted by molar-refractivity contribution is -0.366. The SMILES string of the molecule is CO[C@H]1[C@H](C)[C@@H](C[C@@H]2C[C@@H](OC)[C@H](C)[C@@]3(O2)O[C@@](C)([C@@H]2O[C@@H]([C@@H]4CC[C@H]([C@H]5O[C@@](C)(O)[C@H](C)C[C@@H]5C)O4)C[C@H]2O[C@@H]2CC[C@@H](OC)[C@H](C)O2)C[C@H]3C)O[C@@](O)([C@@H](C)C(=O)O)[C@@H]1C. The normalized spacial score (nSPS) is 54.2. The van der Waals surface area contributed by atoms with Crippen LogP contribution in [0.5, 0.6) is 0 Å². The maximum atomic E-state index is 12.2. The molecule has 0 radical (unpaired) electrons. The summed E-state index contributed by atoms with van der Waals surface area (Å²) in [7, 11) is 5.03. The predicted molar refractivity (Wildman–Crippen MR) is 225 cm³/mol. The van der Waals surface area contributed by atoms with Crippen LogP contribution in [-0.2, 0) is 56.9 Å². The number of hydrogen-bond donors (Lipinski definition) is 3. The van der Waals surface area contributed by atoms with Crippen molar-refractivity contribution >= 4 is 5.97 Å². The molecule has 7 aliphatic rings. The number of aliphatic hydroxyl groups is 2. The molecule has 7 saturated heterocycles. The third-order valence-corrected chi connectivity index (χ3v) is 16.9. The number of hydrogen-bond acceptors (Lipinski definition) is 14. The molecule has 15 nitrogen and oxygen atoms in total. The minimum Gasteiger partial charge on any atom is -0.481 e. The van der Waals surface area contributed by atoms with E-state index in [0.29, 0.717) is 32.1 Å². The zero-order chi connectivity index (χ0) is 45.3. The molecule has 7 aliphatic heterocycles. The zero-order valence-corrected chi connectivity index (χ0v) is 39.7. The van der Waals surface area contributed by atoms with Gasteiger partial charge in [0.25, 0.3) is 0 Å². The second kappa shape index (κ2) is 18.6. The Morgan fingerprint density at radius 2 is 1.44 bits per heavy atom. The zero-order valence-electron chi connectivity index (χ0n) is 39.7. The molecule has 0 aliphatic carbocycles. The highest BCUT2D eigenvalue weighted by molar-refractivity contribution is 5.70. The Hall–Kier alpha value is -1.05. The van der Waals surface area contributed by atoms with Crippen LogP contribution in [0, 0.1) is 41.4 Å². The largest absolute Gasteiger partial charge is 0.481 e. The van der Waals surface area contributed by atoms with E-state index >= 15 is 0 Å². The number of rotatable bonds is 12. The van der Waals surface area contributed by atoms with E-state index in [-0.39, 0.29) is 78.4 Å². The molecule has 0 unspecified atom stereocenters. The van der Waals surface area contributed by atoms with Crippen LogP contribution in [0.3, 0.4) is 0 Å². The Kier molecular flexibility index (Phi) is 14.6. The van der Waals surface area contributed by atoms with Gasteiger partial charge in [-0.15, -0.1) is 0 Å². The van der Waals surface area contributed by atoms with Gasteiger partial charge in [0.15, 0.2) is 23.7 Å². The molecular weight excluding hydrogens is 805 g/mol. The predicted octanol–water partition coefficient (Wildman–Crippen LogP) is 5.82. The van der Waals surface area contributed by atoms with Gasteiger partial charge in [-0.25, -0.2) is 0 Å². The van der Waals surface area contributed by atoms with Gasteiger partial charge in [0.1, 0.15) is 12.0 Å². The van der Waals surface area contributed by atoms with E-state index in [0.717, 1.165) is 25.7 Å². The minimum absolute atomic E-state index is 0.00152. The molecule has 7 rings (SSSR count). The van der Waals surface area contributed by atoms with Crippen molar-refractivity contribution in [3.05, 3.63) is 0 Å². The molecule has 0 aromatic heterocycles. The topological polar surface area (TPSA) is 179 Å². The Balaban J connectivity index is 1.12. The van der Waals surface area contributed by atoms with Crippen molar-refractivity contribution in [2.75, 3.05) is 21.3 Å². The first-order chi connectivity index (χ1) is 29.1. The van der Waals surface area contributed by atoms with E-state index in [9.17, 15) is 20.1 Å². The van der Waals surface area contributed by atoms with Crippen molar-refractivity contribution in [3.8, 4) is 0 Å². The lowest BCUT2D eigenvalue weighted by Crippen LogP contribution is -2.63. The van der Waals surface area contributed by atoms with Crippen LogP contribution < -0.4 is 0 Å². The van der Waals surface area contributed by atoms with E-state index < -0.39 is 71.5 Å². The highest BCUT2D eigenvalue weighted by Gasteiger charge is 2.66. The molecule has 0 saturated carbocycles. The standard InChI is InChI=1S/C47H80O15/c1-23-18-24(2)45(10,50)61-40(23)34-15-14-33(56-34)37-21-38(57-39-17-16-32(52-11)30(8)55-39)42(58-37)44(9)22-25(3)47(62-44)27(5)36(53-12)20-31(59-47)19-35-26(4)41(54-13)28(6)46(51,60-35)29(7)43(48)49/h23-42,50-51H,14-22H2,1-13H3,(H,48,49)/t23-,24+,25+,26+,27-,28+,29-,30-,31+,32+,33-,34+,35+,36+,37+,38+,39+,40-,41-,42+,44+,45+,46+,47-/m0/s1. The van der Waals surface area contributed by atoms with E-state index in [2.05, 4.69) is 27.7 Å². The van der Waals surface area contributed by atoms with Crippen LogP contribution in [-0.4, -0.2) is 145 Å². The molecule has 7 heterocycles. The number of carbonyl (C=O) groups is 1. The number of methoxy groups -OCH3 is 3. The summed E-state index contributed by atoms with van der Waals surface area (Å²) in [6, 6.07) is 0. The van der Waals surface area contributed by atoms with Gasteiger partial charge in [-0.05, 0) is 65.7 Å². The third kappa shape index (κ3) is 8.92. The van der Waals surface area contributed by atoms with Gasteiger partial charge < -0.3 is 67.4 Å². The quantitative estimate of drug-likeness (QED) is 0.213. The smallest absolute Gasteiger partial charge is 0.311 e. The highest BCUT2D eigenvalue weighted by atomic mass is 16.7. The summed E-state index contributed by atoms with van der Waals surface area (Å²) in [5.74, 6) is -7.31. The summed E-state index contributed by atoms with van der Waals surface area (Å²) in [4.78, 5) is 12.2. The Labute approximate surface area is 369 Å². The molecule has 0 bridgehead atoms. The number of ether oxygens (including phenoxy) is 11. The van der Waals surface area contributed by atoms with Gasteiger partial charge in [0, 0.05) is 76.6 Å². The summed E-state index contributed by atoms with van der Waals surface area (Å²) in [6.45, 7) is 19.7. The Bertz CT molecular complexity index is 1530. The second-order valence-electron chi connectivity index (χ2n) is 21.0. The molecule has 0 aromatic rings.